The minimum absolute atomic E-state index is 0.0423. The molecule has 0 aliphatic carbocycles. The van der Waals surface area contributed by atoms with Crippen LogP contribution in [0.3, 0.4) is 0 Å². The number of nitrogens with zero attached hydrogens (tertiary/aromatic N) is 6. The van der Waals surface area contributed by atoms with Crippen molar-refractivity contribution in [3.63, 3.8) is 0 Å². The highest BCUT2D eigenvalue weighted by molar-refractivity contribution is 5.95. The second-order valence-electron chi connectivity index (χ2n) is 6.45. The van der Waals surface area contributed by atoms with Gasteiger partial charge in [0.15, 0.2) is 5.65 Å². The molecule has 0 saturated carbocycles. The molecular formula is C18H20N6O. The van der Waals surface area contributed by atoms with E-state index in [9.17, 15) is 4.79 Å². The Morgan fingerprint density at radius 2 is 1.96 bits per heavy atom. The van der Waals surface area contributed by atoms with Crippen LogP contribution < -0.4 is 0 Å². The fourth-order valence-electron chi connectivity index (χ4n) is 3.23. The van der Waals surface area contributed by atoms with Crippen LogP contribution in [0.5, 0.6) is 0 Å². The summed E-state index contributed by atoms with van der Waals surface area (Å²) in [4.78, 5) is 17.0. The lowest BCUT2D eigenvalue weighted by Gasteiger charge is -2.34. The molecule has 7 heteroatoms. The van der Waals surface area contributed by atoms with Crippen LogP contribution in [0.4, 0.5) is 0 Å². The van der Waals surface area contributed by atoms with E-state index in [1.54, 1.807) is 22.8 Å². The Kier molecular flexibility index (Phi) is 4.15. The van der Waals surface area contributed by atoms with Crippen molar-refractivity contribution in [1.29, 1.82) is 0 Å². The van der Waals surface area contributed by atoms with Crippen LogP contribution in [-0.2, 0) is 6.54 Å². The number of rotatable bonds is 3. The number of pyridine rings is 1. The number of tetrazole rings is 1. The number of hydrogen-bond acceptors (Lipinski definition) is 5. The first-order valence-electron chi connectivity index (χ1n) is 8.44. The molecule has 0 atom stereocenters. The Morgan fingerprint density at radius 3 is 2.76 bits per heavy atom. The number of piperazine rings is 1. The van der Waals surface area contributed by atoms with Gasteiger partial charge in [0, 0.05) is 44.5 Å². The third kappa shape index (κ3) is 3.36. The highest BCUT2D eigenvalue weighted by Crippen LogP contribution is 2.13. The molecule has 1 fully saturated rings. The third-order valence-corrected chi connectivity index (χ3v) is 4.59. The Balaban J connectivity index is 1.38. The van der Waals surface area contributed by atoms with E-state index in [2.05, 4.69) is 51.6 Å². The van der Waals surface area contributed by atoms with Crippen molar-refractivity contribution in [3.05, 3.63) is 59.3 Å². The van der Waals surface area contributed by atoms with Gasteiger partial charge in [-0.05, 0) is 35.0 Å². The van der Waals surface area contributed by atoms with Gasteiger partial charge in [0.2, 0.25) is 0 Å². The van der Waals surface area contributed by atoms with Gasteiger partial charge in [0.1, 0.15) is 0 Å². The van der Waals surface area contributed by atoms with Gasteiger partial charge in [-0.15, -0.1) is 5.10 Å². The van der Waals surface area contributed by atoms with E-state index in [-0.39, 0.29) is 5.91 Å². The molecule has 128 valence electrons. The number of fused-ring (bicyclic) bond motifs is 1. The summed E-state index contributed by atoms with van der Waals surface area (Å²) < 4.78 is 1.55. The van der Waals surface area contributed by atoms with E-state index in [1.807, 2.05) is 4.90 Å². The molecule has 2 aromatic heterocycles. The Bertz CT molecular complexity index is 897. The van der Waals surface area contributed by atoms with Gasteiger partial charge in [-0.1, -0.05) is 29.8 Å². The van der Waals surface area contributed by atoms with E-state index >= 15 is 0 Å². The maximum Gasteiger partial charge on any atom is 0.254 e. The molecule has 1 aliphatic heterocycles. The highest BCUT2D eigenvalue weighted by Gasteiger charge is 2.22. The molecule has 0 unspecified atom stereocenters. The number of carbonyl (C=O) groups is 1. The summed E-state index contributed by atoms with van der Waals surface area (Å²) in [7, 11) is 0. The van der Waals surface area contributed by atoms with Crippen molar-refractivity contribution in [2.45, 2.75) is 13.5 Å². The lowest BCUT2D eigenvalue weighted by atomic mass is 10.1. The normalized spacial score (nSPS) is 15.6. The zero-order valence-electron chi connectivity index (χ0n) is 14.2. The Morgan fingerprint density at radius 1 is 1.12 bits per heavy atom. The second kappa shape index (κ2) is 6.60. The smallest absolute Gasteiger partial charge is 0.254 e. The molecule has 0 spiro atoms. The summed E-state index contributed by atoms with van der Waals surface area (Å²) in [6.07, 6.45) is 1.72. The van der Waals surface area contributed by atoms with E-state index in [1.165, 1.54) is 11.1 Å². The van der Waals surface area contributed by atoms with Crippen LogP contribution in [0.1, 0.15) is 21.5 Å². The summed E-state index contributed by atoms with van der Waals surface area (Å²) in [6.45, 7) is 6.29. The minimum Gasteiger partial charge on any atom is -0.336 e. The molecule has 1 saturated heterocycles. The molecule has 0 bridgehead atoms. The summed E-state index contributed by atoms with van der Waals surface area (Å²) >= 11 is 0. The van der Waals surface area contributed by atoms with Crippen LogP contribution in [0, 0.1) is 6.92 Å². The van der Waals surface area contributed by atoms with Gasteiger partial charge in [0.05, 0.1) is 0 Å². The monoisotopic (exact) mass is 336 g/mol. The average Bonchev–Trinajstić information content (AvgIpc) is 3.09. The summed E-state index contributed by atoms with van der Waals surface area (Å²) in [5.74, 6) is 0.0423. The van der Waals surface area contributed by atoms with Gasteiger partial charge in [0.25, 0.3) is 5.91 Å². The van der Waals surface area contributed by atoms with Gasteiger partial charge in [-0.3, -0.25) is 9.69 Å². The van der Waals surface area contributed by atoms with Crippen LogP contribution >= 0.6 is 0 Å². The molecule has 7 nitrogen and oxygen atoms in total. The molecule has 4 rings (SSSR count). The number of aryl methyl sites for hydroxylation is 1. The number of hydrogen-bond donors (Lipinski definition) is 0. The first-order chi connectivity index (χ1) is 12.2. The summed E-state index contributed by atoms with van der Waals surface area (Å²) in [5.41, 5.74) is 3.83. The summed E-state index contributed by atoms with van der Waals surface area (Å²) in [6, 6.07) is 12.1. The van der Waals surface area contributed by atoms with Crippen molar-refractivity contribution in [2.75, 3.05) is 26.2 Å². The van der Waals surface area contributed by atoms with E-state index in [4.69, 9.17) is 0 Å². The molecule has 3 aromatic rings. The molecule has 1 aromatic carbocycles. The zero-order chi connectivity index (χ0) is 17.2. The first-order valence-corrected chi connectivity index (χ1v) is 8.44. The molecule has 25 heavy (non-hydrogen) atoms. The fraction of sp³-hybridized carbons (Fsp3) is 0.333. The first kappa shape index (κ1) is 15.7. The maximum atomic E-state index is 12.7. The Hall–Kier alpha value is -2.80. The largest absolute Gasteiger partial charge is 0.336 e. The quantitative estimate of drug-likeness (QED) is 0.723. The lowest BCUT2D eigenvalue weighted by Crippen LogP contribution is -2.48. The van der Waals surface area contributed by atoms with Gasteiger partial charge in [-0.25, -0.2) is 4.52 Å². The minimum atomic E-state index is 0.0423. The van der Waals surface area contributed by atoms with Crippen molar-refractivity contribution < 1.29 is 4.79 Å². The zero-order valence-corrected chi connectivity index (χ0v) is 14.2. The fourth-order valence-corrected chi connectivity index (χ4v) is 3.23. The predicted molar refractivity (Wildman–Crippen MR) is 93.1 cm³/mol. The predicted octanol–water partition coefficient (Wildman–Crippen LogP) is 1.39. The standard InChI is InChI=1S/C18H20N6O/c1-14-3-2-4-15(11-14)13-22-7-9-23(10-8-22)18(25)16-5-6-24-17(12-16)19-20-21-24/h2-6,11-12H,7-10,13H2,1H3. The van der Waals surface area contributed by atoms with Crippen LogP contribution in [0.15, 0.2) is 42.6 Å². The molecular weight excluding hydrogens is 316 g/mol. The van der Waals surface area contributed by atoms with Crippen LogP contribution in [0.25, 0.3) is 5.65 Å². The van der Waals surface area contributed by atoms with Crippen molar-refractivity contribution >= 4 is 11.6 Å². The van der Waals surface area contributed by atoms with E-state index in [0.29, 0.717) is 11.2 Å². The second-order valence-corrected chi connectivity index (χ2v) is 6.45. The number of aromatic nitrogens is 4. The molecule has 0 radical (unpaired) electrons. The number of benzene rings is 1. The van der Waals surface area contributed by atoms with Crippen molar-refractivity contribution in [3.8, 4) is 0 Å². The topological polar surface area (TPSA) is 66.6 Å². The Labute approximate surface area is 145 Å². The van der Waals surface area contributed by atoms with Crippen molar-refractivity contribution in [2.24, 2.45) is 0 Å². The van der Waals surface area contributed by atoms with E-state index in [0.717, 1.165) is 32.7 Å². The molecule has 3 heterocycles. The van der Waals surface area contributed by atoms with Crippen molar-refractivity contribution in [1.82, 2.24) is 29.8 Å². The molecule has 1 amide bonds. The maximum absolute atomic E-state index is 12.7. The van der Waals surface area contributed by atoms with Crippen LogP contribution in [0.2, 0.25) is 0 Å². The number of carbonyl (C=O) groups excluding carboxylic acids is 1. The molecule has 1 aliphatic rings. The number of amides is 1. The van der Waals surface area contributed by atoms with Gasteiger partial charge < -0.3 is 4.90 Å². The van der Waals surface area contributed by atoms with E-state index < -0.39 is 0 Å². The van der Waals surface area contributed by atoms with Crippen LogP contribution in [-0.4, -0.2) is 61.9 Å². The lowest BCUT2D eigenvalue weighted by molar-refractivity contribution is 0.0628. The summed E-state index contributed by atoms with van der Waals surface area (Å²) in [5, 5.41) is 11.3. The third-order valence-electron chi connectivity index (χ3n) is 4.59. The van der Waals surface area contributed by atoms with Gasteiger partial charge >= 0.3 is 0 Å². The van der Waals surface area contributed by atoms with Gasteiger partial charge in [-0.2, -0.15) is 0 Å². The average molecular weight is 336 g/mol. The SMILES string of the molecule is Cc1cccc(CN2CCN(C(=O)c3ccn4nnnc4c3)CC2)c1. The highest BCUT2D eigenvalue weighted by atomic mass is 16.2. The molecule has 0 N–H and O–H groups in total.